The molecule has 0 bridgehead atoms. The SMILES string of the molecule is Cc1cc(=O)oc2cc(OC(=O)CCN3C(=O)[C@H]4CCCC[C@H]4C3=O)ccc12. The smallest absolute Gasteiger partial charge is 0.336 e. The molecule has 2 atom stereocenters. The maximum absolute atomic E-state index is 12.4. The third-order valence-corrected chi connectivity index (χ3v) is 5.63. The Balaban J connectivity index is 1.41. The zero-order chi connectivity index (χ0) is 19.8. The fraction of sp³-hybridized carbons (Fsp3) is 0.429. The van der Waals surface area contributed by atoms with Gasteiger partial charge in [-0.2, -0.15) is 0 Å². The van der Waals surface area contributed by atoms with Gasteiger partial charge in [-0.25, -0.2) is 4.79 Å². The molecular weight excluding hydrogens is 362 g/mol. The molecule has 2 heterocycles. The van der Waals surface area contributed by atoms with Crippen molar-refractivity contribution in [1.82, 2.24) is 4.90 Å². The van der Waals surface area contributed by atoms with E-state index in [2.05, 4.69) is 0 Å². The fourth-order valence-electron chi connectivity index (χ4n) is 4.21. The van der Waals surface area contributed by atoms with Crippen molar-refractivity contribution in [3.8, 4) is 5.75 Å². The van der Waals surface area contributed by atoms with Crippen LogP contribution in [0.2, 0.25) is 0 Å². The van der Waals surface area contributed by atoms with Gasteiger partial charge in [0.1, 0.15) is 11.3 Å². The van der Waals surface area contributed by atoms with E-state index in [0.29, 0.717) is 5.58 Å². The van der Waals surface area contributed by atoms with Gasteiger partial charge >= 0.3 is 11.6 Å². The van der Waals surface area contributed by atoms with Crippen LogP contribution in [0.4, 0.5) is 0 Å². The molecule has 4 rings (SSSR count). The number of esters is 1. The predicted molar refractivity (Wildman–Crippen MR) is 99.6 cm³/mol. The maximum atomic E-state index is 12.4. The van der Waals surface area contributed by atoms with E-state index in [4.69, 9.17) is 9.15 Å². The van der Waals surface area contributed by atoms with Crippen LogP contribution < -0.4 is 10.4 Å². The Morgan fingerprint density at radius 1 is 1.11 bits per heavy atom. The molecule has 2 aromatic rings. The molecule has 1 aliphatic carbocycles. The number of carbonyl (C=O) groups excluding carboxylic acids is 3. The second kappa shape index (κ2) is 7.22. The first-order valence-corrected chi connectivity index (χ1v) is 9.54. The van der Waals surface area contributed by atoms with E-state index in [9.17, 15) is 19.2 Å². The largest absolute Gasteiger partial charge is 0.426 e. The minimum atomic E-state index is -0.551. The molecule has 1 aromatic carbocycles. The van der Waals surface area contributed by atoms with Crippen LogP contribution in [0.1, 0.15) is 37.7 Å². The number of rotatable bonds is 4. The number of aryl methyl sites for hydroxylation is 1. The summed E-state index contributed by atoms with van der Waals surface area (Å²) in [6, 6.07) is 6.22. The number of ether oxygens (including phenoxy) is 1. The van der Waals surface area contributed by atoms with Crippen LogP contribution in [-0.4, -0.2) is 29.2 Å². The third-order valence-electron chi connectivity index (χ3n) is 5.63. The average molecular weight is 383 g/mol. The molecule has 7 heteroatoms. The van der Waals surface area contributed by atoms with Crippen molar-refractivity contribution in [2.24, 2.45) is 11.8 Å². The normalized spacial score (nSPS) is 21.8. The molecule has 1 saturated carbocycles. The lowest BCUT2D eigenvalue weighted by molar-refractivity contribution is -0.141. The number of nitrogens with zero attached hydrogens (tertiary/aromatic N) is 1. The molecule has 7 nitrogen and oxygen atoms in total. The minimum absolute atomic E-state index is 0.0330. The lowest BCUT2D eigenvalue weighted by Crippen LogP contribution is -2.33. The standard InChI is InChI=1S/C21H21NO6/c1-12-10-19(24)28-17-11-13(6-7-14(12)17)27-18(23)8-9-22-20(25)15-4-2-3-5-16(15)21(22)26/h6-7,10-11,15-16H,2-5,8-9H2,1H3/t15-,16+. The molecule has 1 aromatic heterocycles. The van der Waals surface area contributed by atoms with E-state index >= 15 is 0 Å². The number of amides is 2. The Labute approximate surface area is 161 Å². The average Bonchev–Trinajstić information content (AvgIpc) is 2.90. The van der Waals surface area contributed by atoms with Crippen LogP contribution in [-0.2, 0) is 14.4 Å². The second-order valence-electron chi connectivity index (χ2n) is 7.46. The van der Waals surface area contributed by atoms with Crippen LogP contribution in [0.5, 0.6) is 5.75 Å². The Hall–Kier alpha value is -2.96. The molecule has 146 valence electrons. The molecular formula is C21H21NO6. The summed E-state index contributed by atoms with van der Waals surface area (Å²) in [5.41, 5.74) is 0.641. The highest BCUT2D eigenvalue weighted by Crippen LogP contribution is 2.38. The number of likely N-dealkylation sites (tertiary alicyclic amines) is 1. The van der Waals surface area contributed by atoms with Crippen LogP contribution in [0.15, 0.2) is 33.5 Å². The predicted octanol–water partition coefficient (Wildman–Crippen LogP) is 2.57. The first kappa shape index (κ1) is 18.4. The highest BCUT2D eigenvalue weighted by molar-refractivity contribution is 6.05. The van der Waals surface area contributed by atoms with E-state index in [-0.39, 0.29) is 42.4 Å². The quantitative estimate of drug-likeness (QED) is 0.349. The van der Waals surface area contributed by atoms with Crippen molar-refractivity contribution < 1.29 is 23.5 Å². The number of hydrogen-bond acceptors (Lipinski definition) is 6. The summed E-state index contributed by atoms with van der Waals surface area (Å²) in [6.45, 7) is 1.83. The molecule has 0 spiro atoms. The van der Waals surface area contributed by atoms with E-state index in [0.717, 1.165) is 36.6 Å². The van der Waals surface area contributed by atoms with Crippen LogP contribution in [0.3, 0.4) is 0 Å². The van der Waals surface area contributed by atoms with Crippen LogP contribution in [0, 0.1) is 18.8 Å². The molecule has 2 aliphatic rings. The molecule has 0 unspecified atom stereocenters. The Morgan fingerprint density at radius 2 is 1.79 bits per heavy atom. The van der Waals surface area contributed by atoms with Crippen molar-refractivity contribution >= 4 is 28.8 Å². The molecule has 1 saturated heterocycles. The Bertz CT molecular complexity index is 999. The molecule has 2 fully saturated rings. The van der Waals surface area contributed by atoms with E-state index in [1.165, 1.54) is 17.0 Å². The van der Waals surface area contributed by atoms with Gasteiger partial charge in [0.2, 0.25) is 11.8 Å². The van der Waals surface area contributed by atoms with E-state index in [1.807, 2.05) is 0 Å². The molecule has 1 aliphatic heterocycles. The molecule has 0 radical (unpaired) electrons. The molecule has 2 amide bonds. The first-order chi connectivity index (χ1) is 13.4. The Morgan fingerprint density at radius 3 is 2.46 bits per heavy atom. The Kier molecular flexibility index (Phi) is 4.75. The number of benzene rings is 1. The summed E-state index contributed by atoms with van der Waals surface area (Å²) < 4.78 is 10.4. The van der Waals surface area contributed by atoms with E-state index < -0.39 is 11.6 Å². The lowest BCUT2D eigenvalue weighted by Gasteiger charge is -2.19. The summed E-state index contributed by atoms with van der Waals surface area (Å²) in [7, 11) is 0. The fourth-order valence-corrected chi connectivity index (χ4v) is 4.21. The van der Waals surface area contributed by atoms with Crippen molar-refractivity contribution in [3.05, 3.63) is 40.2 Å². The van der Waals surface area contributed by atoms with Crippen molar-refractivity contribution in [3.63, 3.8) is 0 Å². The number of hydrogen-bond donors (Lipinski definition) is 0. The number of imide groups is 1. The zero-order valence-electron chi connectivity index (χ0n) is 15.6. The van der Waals surface area contributed by atoms with Gasteiger partial charge in [-0.15, -0.1) is 0 Å². The van der Waals surface area contributed by atoms with Gasteiger partial charge < -0.3 is 9.15 Å². The summed E-state index contributed by atoms with van der Waals surface area (Å²) in [5, 5.41) is 0.760. The summed E-state index contributed by atoms with van der Waals surface area (Å²) in [4.78, 5) is 49.8. The highest BCUT2D eigenvalue weighted by Gasteiger charge is 2.47. The molecule has 28 heavy (non-hydrogen) atoms. The third kappa shape index (κ3) is 3.32. The monoisotopic (exact) mass is 383 g/mol. The van der Waals surface area contributed by atoms with E-state index in [1.54, 1.807) is 19.1 Å². The summed E-state index contributed by atoms with van der Waals surface area (Å²) in [6.07, 6.45) is 3.35. The lowest BCUT2D eigenvalue weighted by atomic mass is 9.81. The number of carbonyl (C=O) groups is 3. The van der Waals surface area contributed by atoms with Gasteiger partial charge in [0.25, 0.3) is 0 Å². The van der Waals surface area contributed by atoms with Crippen molar-refractivity contribution in [1.29, 1.82) is 0 Å². The van der Waals surface area contributed by atoms with Crippen molar-refractivity contribution in [2.75, 3.05) is 6.54 Å². The van der Waals surface area contributed by atoms with Gasteiger partial charge in [0, 0.05) is 24.1 Å². The van der Waals surface area contributed by atoms with Gasteiger partial charge in [-0.05, 0) is 37.5 Å². The van der Waals surface area contributed by atoms with Crippen molar-refractivity contribution in [2.45, 2.75) is 39.0 Å². The van der Waals surface area contributed by atoms with Crippen LogP contribution in [0.25, 0.3) is 11.0 Å². The van der Waals surface area contributed by atoms with Crippen LogP contribution >= 0.6 is 0 Å². The first-order valence-electron chi connectivity index (χ1n) is 9.54. The second-order valence-corrected chi connectivity index (χ2v) is 7.46. The van der Waals surface area contributed by atoms with Gasteiger partial charge in [0.05, 0.1) is 18.3 Å². The van der Waals surface area contributed by atoms with Gasteiger partial charge in [-0.3, -0.25) is 19.3 Å². The molecule has 0 N–H and O–H groups in total. The summed E-state index contributed by atoms with van der Waals surface area (Å²) >= 11 is 0. The van der Waals surface area contributed by atoms with Gasteiger partial charge in [0.15, 0.2) is 0 Å². The number of fused-ring (bicyclic) bond motifs is 2. The topological polar surface area (TPSA) is 93.9 Å². The maximum Gasteiger partial charge on any atom is 0.336 e. The van der Waals surface area contributed by atoms with Gasteiger partial charge in [-0.1, -0.05) is 12.8 Å². The minimum Gasteiger partial charge on any atom is -0.426 e. The highest BCUT2D eigenvalue weighted by atomic mass is 16.5. The zero-order valence-corrected chi connectivity index (χ0v) is 15.6. The summed E-state index contributed by atoms with van der Waals surface area (Å²) in [5.74, 6) is -1.06.